The van der Waals surface area contributed by atoms with Crippen LogP contribution in [0.2, 0.25) is 5.02 Å². The fourth-order valence-electron chi connectivity index (χ4n) is 3.88. The van der Waals surface area contributed by atoms with Crippen LogP contribution in [0.3, 0.4) is 0 Å². The number of carbonyl (C=O) groups excluding carboxylic acids is 3. The summed E-state index contributed by atoms with van der Waals surface area (Å²) in [6.45, 7) is 5.25. The number of benzene rings is 2. The van der Waals surface area contributed by atoms with Crippen LogP contribution in [0.25, 0.3) is 0 Å². The minimum Gasteiger partial charge on any atom is -0.483 e. The third-order valence-corrected chi connectivity index (χ3v) is 5.93. The van der Waals surface area contributed by atoms with Gasteiger partial charge >= 0.3 is 0 Å². The number of primary amides is 1. The van der Waals surface area contributed by atoms with E-state index in [0.717, 1.165) is 5.56 Å². The van der Waals surface area contributed by atoms with Crippen molar-refractivity contribution in [2.24, 2.45) is 5.73 Å². The second-order valence-corrected chi connectivity index (χ2v) is 8.81. The molecule has 1 saturated heterocycles. The van der Waals surface area contributed by atoms with Crippen molar-refractivity contribution >= 4 is 29.3 Å². The van der Waals surface area contributed by atoms with E-state index in [2.05, 4.69) is 10.2 Å². The minimum absolute atomic E-state index is 0.0590. The Labute approximate surface area is 202 Å². The number of nitrogens with zero attached hydrogens (tertiary/aromatic N) is 2. The number of carbonyl (C=O) groups is 3. The predicted octanol–water partition coefficient (Wildman–Crippen LogP) is 2.19. The third kappa shape index (κ3) is 6.68. The van der Waals surface area contributed by atoms with E-state index in [4.69, 9.17) is 22.1 Å². The number of hydrogen-bond donors (Lipinski definition) is 2. The number of halogens is 2. The molecule has 10 heteroatoms. The number of hydrogen-bond acceptors (Lipinski definition) is 5. The van der Waals surface area contributed by atoms with Crippen molar-refractivity contribution < 1.29 is 23.5 Å². The van der Waals surface area contributed by atoms with Gasteiger partial charge in [0.25, 0.3) is 11.8 Å². The zero-order chi connectivity index (χ0) is 24.8. The molecule has 0 saturated carbocycles. The normalized spacial score (nSPS) is 18.4. The molecule has 1 aliphatic rings. The molecule has 3 N–H and O–H groups in total. The molecule has 8 nitrogen and oxygen atoms in total. The maximum atomic E-state index is 13.2. The van der Waals surface area contributed by atoms with Crippen LogP contribution < -0.4 is 15.8 Å². The Morgan fingerprint density at radius 2 is 1.82 bits per heavy atom. The summed E-state index contributed by atoms with van der Waals surface area (Å²) >= 11 is 6.00. The predicted molar refractivity (Wildman–Crippen MR) is 126 cm³/mol. The van der Waals surface area contributed by atoms with E-state index in [1.165, 1.54) is 24.3 Å². The number of nitrogens with two attached hydrogens (primary N) is 1. The number of ether oxygens (including phenoxy) is 1. The Balaban J connectivity index is 1.60. The number of amides is 3. The molecule has 1 heterocycles. The molecular weight excluding hydrogens is 463 g/mol. The lowest BCUT2D eigenvalue weighted by atomic mass is 10.1. The summed E-state index contributed by atoms with van der Waals surface area (Å²) in [5.74, 6) is -1.57. The molecule has 34 heavy (non-hydrogen) atoms. The van der Waals surface area contributed by atoms with Crippen LogP contribution in [-0.2, 0) is 16.1 Å². The van der Waals surface area contributed by atoms with Crippen LogP contribution in [0.1, 0.15) is 29.8 Å². The first-order valence-electron chi connectivity index (χ1n) is 10.9. The van der Waals surface area contributed by atoms with E-state index >= 15 is 0 Å². The summed E-state index contributed by atoms with van der Waals surface area (Å²) in [5.41, 5.74) is 6.18. The summed E-state index contributed by atoms with van der Waals surface area (Å²) in [4.78, 5) is 40.3. The molecule has 3 rings (SSSR count). The van der Waals surface area contributed by atoms with Gasteiger partial charge in [-0.2, -0.15) is 0 Å². The Morgan fingerprint density at radius 3 is 2.50 bits per heavy atom. The van der Waals surface area contributed by atoms with Gasteiger partial charge in [-0.25, -0.2) is 4.39 Å². The Bertz CT molecular complexity index is 1050. The molecule has 3 amide bonds. The van der Waals surface area contributed by atoms with E-state index < -0.39 is 11.8 Å². The van der Waals surface area contributed by atoms with E-state index in [1.54, 1.807) is 23.1 Å². The third-order valence-electron chi connectivity index (χ3n) is 5.69. The maximum Gasteiger partial charge on any atom is 0.260 e. The van der Waals surface area contributed by atoms with E-state index in [9.17, 15) is 18.8 Å². The summed E-state index contributed by atoms with van der Waals surface area (Å²) in [7, 11) is 0. The standard InChI is InChI=1S/C24H28ClFN4O4/c1-15-12-30(16(2)11-29(15)13-17-3-6-19(26)7-4-17)23(32)14-34-21-8-5-18(25)9-20(21)24(33)28-10-22(27)31/h3-9,15-16H,10-14H2,1-2H3,(H2,27,31)(H,28,33)/t15-,16+/m1/s1. The number of nitrogens with one attached hydrogen (secondary N) is 1. The molecule has 0 radical (unpaired) electrons. The molecule has 0 bridgehead atoms. The van der Waals surface area contributed by atoms with Crippen molar-refractivity contribution in [2.75, 3.05) is 26.2 Å². The smallest absolute Gasteiger partial charge is 0.260 e. The number of rotatable bonds is 8. The molecule has 0 aliphatic carbocycles. The second kappa shape index (κ2) is 11.3. The van der Waals surface area contributed by atoms with Crippen LogP contribution in [0.4, 0.5) is 4.39 Å². The summed E-state index contributed by atoms with van der Waals surface area (Å²) in [5, 5.41) is 2.69. The molecule has 0 spiro atoms. The minimum atomic E-state index is -0.685. The molecule has 1 fully saturated rings. The van der Waals surface area contributed by atoms with Crippen molar-refractivity contribution in [3.63, 3.8) is 0 Å². The highest BCUT2D eigenvalue weighted by molar-refractivity contribution is 6.31. The zero-order valence-electron chi connectivity index (χ0n) is 19.1. The SMILES string of the molecule is C[C@@H]1CN(C(=O)COc2ccc(Cl)cc2C(=O)NCC(N)=O)[C@@H](C)CN1Cc1ccc(F)cc1. The Hall–Kier alpha value is -3.17. The monoisotopic (exact) mass is 490 g/mol. The molecule has 0 unspecified atom stereocenters. The Morgan fingerprint density at radius 1 is 1.12 bits per heavy atom. The average molecular weight is 491 g/mol. The van der Waals surface area contributed by atoms with Crippen molar-refractivity contribution in [3.8, 4) is 5.75 Å². The van der Waals surface area contributed by atoms with Gasteiger partial charge in [0.15, 0.2) is 6.61 Å². The van der Waals surface area contributed by atoms with Gasteiger partial charge in [0.2, 0.25) is 5.91 Å². The highest BCUT2D eigenvalue weighted by Gasteiger charge is 2.32. The van der Waals surface area contributed by atoms with Gasteiger partial charge in [0, 0.05) is 36.7 Å². The maximum absolute atomic E-state index is 13.2. The van der Waals surface area contributed by atoms with E-state index in [0.29, 0.717) is 24.7 Å². The summed E-state index contributed by atoms with van der Waals surface area (Å²) in [6, 6.07) is 10.9. The van der Waals surface area contributed by atoms with Gasteiger partial charge in [0.05, 0.1) is 12.1 Å². The van der Waals surface area contributed by atoms with Gasteiger partial charge < -0.3 is 20.7 Å². The molecule has 0 aromatic heterocycles. The summed E-state index contributed by atoms with van der Waals surface area (Å²) in [6.07, 6.45) is 0. The first kappa shape index (κ1) is 25.5. The lowest BCUT2D eigenvalue weighted by Gasteiger charge is -2.44. The van der Waals surface area contributed by atoms with Crippen LogP contribution in [0.5, 0.6) is 5.75 Å². The fourth-order valence-corrected chi connectivity index (χ4v) is 4.05. The topological polar surface area (TPSA) is 105 Å². The molecule has 2 aromatic rings. The van der Waals surface area contributed by atoms with Gasteiger partial charge in [-0.3, -0.25) is 19.3 Å². The van der Waals surface area contributed by atoms with Gasteiger partial charge in [-0.15, -0.1) is 0 Å². The zero-order valence-corrected chi connectivity index (χ0v) is 19.8. The van der Waals surface area contributed by atoms with Crippen molar-refractivity contribution in [3.05, 3.63) is 64.4 Å². The van der Waals surface area contributed by atoms with E-state index in [-0.39, 0.29) is 48.3 Å². The first-order chi connectivity index (χ1) is 16.1. The lowest BCUT2D eigenvalue weighted by Crippen LogP contribution is -2.58. The van der Waals surface area contributed by atoms with Crippen LogP contribution in [-0.4, -0.2) is 65.8 Å². The molecule has 2 atom stereocenters. The van der Waals surface area contributed by atoms with Gasteiger partial charge in [0.1, 0.15) is 11.6 Å². The quantitative estimate of drug-likeness (QED) is 0.590. The Kier molecular flexibility index (Phi) is 8.46. The largest absolute Gasteiger partial charge is 0.483 e. The molecule has 1 aliphatic heterocycles. The van der Waals surface area contributed by atoms with Crippen molar-refractivity contribution in [1.82, 2.24) is 15.1 Å². The van der Waals surface area contributed by atoms with Crippen LogP contribution in [0.15, 0.2) is 42.5 Å². The van der Waals surface area contributed by atoms with Crippen LogP contribution in [0, 0.1) is 5.82 Å². The van der Waals surface area contributed by atoms with Crippen molar-refractivity contribution in [1.29, 1.82) is 0 Å². The molecular formula is C24H28ClFN4O4. The average Bonchev–Trinajstić information content (AvgIpc) is 2.80. The molecule has 182 valence electrons. The summed E-state index contributed by atoms with van der Waals surface area (Å²) < 4.78 is 18.9. The van der Waals surface area contributed by atoms with Gasteiger partial charge in [-0.1, -0.05) is 23.7 Å². The van der Waals surface area contributed by atoms with Crippen LogP contribution >= 0.6 is 11.6 Å². The molecule has 2 aromatic carbocycles. The van der Waals surface area contributed by atoms with Gasteiger partial charge in [-0.05, 0) is 49.7 Å². The lowest BCUT2D eigenvalue weighted by molar-refractivity contribution is -0.139. The van der Waals surface area contributed by atoms with Crippen molar-refractivity contribution in [2.45, 2.75) is 32.5 Å². The second-order valence-electron chi connectivity index (χ2n) is 8.38. The first-order valence-corrected chi connectivity index (χ1v) is 11.3. The highest BCUT2D eigenvalue weighted by atomic mass is 35.5. The van der Waals surface area contributed by atoms with E-state index in [1.807, 2.05) is 13.8 Å². The fraction of sp³-hybridized carbons (Fsp3) is 0.375. The number of piperazine rings is 1. The highest BCUT2D eigenvalue weighted by Crippen LogP contribution is 2.24.